The maximum Gasteiger partial charge on any atom is 0.324 e. The lowest BCUT2D eigenvalue weighted by atomic mass is 10.0. The number of hydrogen-bond acceptors (Lipinski definition) is 25. The van der Waals surface area contributed by atoms with Crippen LogP contribution in [0.3, 0.4) is 0 Å². The number of fused-ring (bicyclic) bond motifs is 6. The van der Waals surface area contributed by atoms with Crippen molar-refractivity contribution in [3.05, 3.63) is 145 Å². The van der Waals surface area contributed by atoms with E-state index in [1.807, 2.05) is 98.3 Å². The van der Waals surface area contributed by atoms with Crippen LogP contribution >= 0.6 is 7.44 Å². The summed E-state index contributed by atoms with van der Waals surface area (Å²) in [5.41, 5.74) is 8.61. The number of nitrogens with zero attached hydrogens (tertiary/aromatic N) is 7. The summed E-state index contributed by atoms with van der Waals surface area (Å²) in [6.45, 7) is 48.3. The summed E-state index contributed by atoms with van der Waals surface area (Å²) in [5, 5.41) is 13.8. The molecule has 0 amide bonds. The number of pyridine rings is 3. The lowest BCUT2D eigenvalue weighted by molar-refractivity contribution is -0.164. The summed E-state index contributed by atoms with van der Waals surface area (Å²) in [4.78, 5) is 153. The van der Waals surface area contributed by atoms with Crippen LogP contribution in [-0.4, -0.2) is 167 Å². The van der Waals surface area contributed by atoms with Crippen molar-refractivity contribution >= 4 is 107 Å². The third kappa shape index (κ3) is 27.5. The minimum Gasteiger partial charge on any atom is -0.465 e. The van der Waals surface area contributed by atoms with Crippen LogP contribution in [0, 0.1) is 34.6 Å². The van der Waals surface area contributed by atoms with Gasteiger partial charge in [-0.2, -0.15) is 0 Å². The average Bonchev–Trinajstić information content (AvgIpc) is 0.764. The highest BCUT2D eigenvalue weighted by Gasteiger charge is 2.35. The van der Waals surface area contributed by atoms with Crippen molar-refractivity contribution in [2.75, 3.05) is 74.3 Å². The number of ether oxygens (including phenoxy) is 6. The molecule has 4 aliphatic heterocycles. The van der Waals surface area contributed by atoms with E-state index in [9.17, 15) is 52.5 Å². The molecule has 4 atom stereocenters. The summed E-state index contributed by atoms with van der Waals surface area (Å²) in [7, 11) is 0.528. The van der Waals surface area contributed by atoms with E-state index in [1.165, 1.54) is 6.07 Å². The quantitative estimate of drug-likeness (QED) is 0.00699. The van der Waals surface area contributed by atoms with Gasteiger partial charge >= 0.3 is 35.8 Å². The molecule has 0 unspecified atom stereocenters. The number of nitrogens with one attached hydrogen (secondary N) is 7. The standard InChI is InChI=1S/C30H45N6O7P.C29H40N4O5.C28H38N4O5/c1-8-42-29(39)20(4)33-44(41,34-21(5)30(40)43-9-2)15-13-11-10-12-14-36-24-17-23(35(6)7)19(3)16-22(24)31-27-25(36)18-26(37)32-28(27)38;1-17-14-21-22(15-18(17)2)33(23-16-19(3)31-26(35)25(23)32-21)13-12-30-20(27(36)38-29(7,8)9)10-11-24(34)37-28(4,5)6;1-16-12-19-21(13-17(16)2)32(22-14-18(3)30-25(34)24(22)31-19)11-10-29-20(26(35)37-28(7,8)9)15-23(33)36-27(4,5)6/h16-18,20-21H,8-15H2,1-7H3,(H,32,37,38)(H2,33,34,41);14-16,20,30H,3,10-13H2,1-2,4-9H3,(H,31,35);12-14,20,29H,3,10-11,15H2,1-2,4-9H3,(H,30,34)/t20-,21-;2*20-/m000/s1. The molecule has 119 heavy (non-hydrogen) atoms. The monoisotopic (exact) mass is 1670 g/mol. The second kappa shape index (κ2) is 40.5. The third-order valence-corrected chi connectivity index (χ3v) is 21.4. The summed E-state index contributed by atoms with van der Waals surface area (Å²) in [6.07, 6.45) is 3.08. The molecule has 32 heteroatoms. The Morgan fingerprint density at radius 2 is 0.966 bits per heavy atom. The number of carbonyl (C=O) groups excluding carboxylic acids is 6. The van der Waals surface area contributed by atoms with E-state index in [0.29, 0.717) is 107 Å². The summed E-state index contributed by atoms with van der Waals surface area (Å²) in [6, 6.07) is 13.7. The van der Waals surface area contributed by atoms with Crippen molar-refractivity contribution in [2.45, 2.75) is 243 Å². The molecule has 6 heterocycles. The highest BCUT2D eigenvalue weighted by Crippen LogP contribution is 2.41. The molecule has 0 radical (unpaired) electrons. The Hall–Kier alpha value is -10.5. The van der Waals surface area contributed by atoms with Crippen LogP contribution in [0.25, 0.3) is 35.6 Å². The highest BCUT2D eigenvalue weighted by atomic mass is 31.2. The Balaban J connectivity index is 0.000000247. The zero-order valence-corrected chi connectivity index (χ0v) is 74.4. The van der Waals surface area contributed by atoms with Gasteiger partial charge in [0.2, 0.25) is 7.44 Å². The van der Waals surface area contributed by atoms with Crippen LogP contribution in [0.15, 0.2) is 83.8 Å². The summed E-state index contributed by atoms with van der Waals surface area (Å²) in [5.74, 6) is -2.89. The fourth-order valence-corrected chi connectivity index (χ4v) is 15.8. The SMILES string of the molecule is C=c1cc2c(c(=O)[nH]1)=Nc1cc(C)c(C)cc1N2CCN[C@@H](CC(=O)OC(C)(C)C)C(=O)OC(C)(C)C.C=c1cc2c(c(=O)[nH]1)=Nc1cc(C)c(C)cc1N2CCN[C@@H](CCC(=O)OC(C)(C)C)C(=O)OC(C)(C)C.CCOC(=O)[C@H](C)NP(=O)(CCCCCCn1c2cc(=O)[nH]c(=O)c-2nc2cc(C)c(N(C)C)cc21)N[C@@H](C)C(=O)OCC. The Bertz CT molecular complexity index is 5370. The van der Waals surface area contributed by atoms with Gasteiger partial charge in [0.15, 0.2) is 16.4 Å². The molecule has 0 aliphatic carbocycles. The molecule has 5 aromatic rings. The van der Waals surface area contributed by atoms with Crippen molar-refractivity contribution in [2.24, 2.45) is 9.98 Å². The molecule has 0 saturated heterocycles. The number of rotatable bonds is 31. The smallest absolute Gasteiger partial charge is 0.324 e. The molecular formula is C87H123N14O17P. The van der Waals surface area contributed by atoms with Crippen molar-refractivity contribution in [1.82, 2.24) is 45.3 Å². The Morgan fingerprint density at radius 1 is 0.521 bits per heavy atom. The normalized spacial score (nSPS) is 13.5. The van der Waals surface area contributed by atoms with Gasteiger partial charge in [-0.3, -0.25) is 57.5 Å². The van der Waals surface area contributed by atoms with Crippen molar-refractivity contribution in [1.29, 1.82) is 0 Å². The zero-order chi connectivity index (χ0) is 88.7. The lowest BCUT2D eigenvalue weighted by Crippen LogP contribution is -2.47. The van der Waals surface area contributed by atoms with Crippen LogP contribution in [0.1, 0.15) is 184 Å². The number of aryl methyl sites for hydroxylation is 6. The minimum absolute atomic E-state index is 0.0706. The lowest BCUT2D eigenvalue weighted by Gasteiger charge is -2.31. The molecule has 4 aliphatic rings. The highest BCUT2D eigenvalue weighted by molar-refractivity contribution is 7.59. The summed E-state index contributed by atoms with van der Waals surface area (Å²) >= 11 is 0. The van der Waals surface area contributed by atoms with E-state index >= 15 is 0 Å². The van der Waals surface area contributed by atoms with E-state index in [1.54, 1.807) is 123 Å². The number of carbonyl (C=O) groups is 6. The zero-order valence-electron chi connectivity index (χ0n) is 73.5. The van der Waals surface area contributed by atoms with E-state index in [2.05, 4.69) is 70.0 Å². The van der Waals surface area contributed by atoms with Gasteiger partial charge in [0.05, 0.1) is 70.5 Å². The fourth-order valence-electron chi connectivity index (χ4n) is 13.3. The van der Waals surface area contributed by atoms with Gasteiger partial charge in [0.25, 0.3) is 22.2 Å². The second-order valence-electron chi connectivity index (χ2n) is 34.2. The summed E-state index contributed by atoms with van der Waals surface area (Å²) < 4.78 is 47.9. The molecule has 2 aromatic heterocycles. The number of anilines is 5. The maximum absolute atomic E-state index is 13.9. The van der Waals surface area contributed by atoms with Gasteiger partial charge in [-0.05, 0) is 241 Å². The van der Waals surface area contributed by atoms with Gasteiger partial charge in [0, 0.05) is 81.9 Å². The molecule has 3 aromatic carbocycles. The number of hydrogen-bond donors (Lipinski definition) is 7. The molecule has 0 bridgehead atoms. The molecule has 7 N–H and O–H groups in total. The van der Waals surface area contributed by atoms with Crippen LogP contribution in [0.4, 0.5) is 39.8 Å². The van der Waals surface area contributed by atoms with E-state index in [4.69, 9.17) is 28.4 Å². The molecular weight excluding hydrogens is 1540 g/mol. The van der Waals surface area contributed by atoms with Crippen molar-refractivity contribution in [3.63, 3.8) is 0 Å². The molecule has 31 nitrogen and oxygen atoms in total. The van der Waals surface area contributed by atoms with E-state index in [-0.39, 0.29) is 61.4 Å². The van der Waals surface area contributed by atoms with Gasteiger partial charge in [0.1, 0.15) is 46.6 Å². The first-order valence-corrected chi connectivity index (χ1v) is 42.3. The second-order valence-corrected chi connectivity index (χ2v) is 36.6. The first kappa shape index (κ1) is 95.7. The molecule has 0 saturated carbocycles. The molecule has 0 fully saturated rings. The van der Waals surface area contributed by atoms with Crippen molar-refractivity contribution in [3.8, 4) is 11.4 Å². The average molecular weight is 1670 g/mol. The van der Waals surface area contributed by atoms with Gasteiger partial charge < -0.3 is 68.3 Å². The number of aromatic amines is 3. The van der Waals surface area contributed by atoms with Crippen LogP contribution < -0.4 is 79.2 Å². The van der Waals surface area contributed by atoms with Crippen LogP contribution in [-0.2, 0) is 68.3 Å². The van der Waals surface area contributed by atoms with Crippen LogP contribution in [0.5, 0.6) is 0 Å². The predicted molar refractivity (Wildman–Crippen MR) is 464 cm³/mol. The van der Waals surface area contributed by atoms with Gasteiger partial charge in [-0.25, -0.2) is 25.1 Å². The van der Waals surface area contributed by atoms with E-state index < -0.39 is 95.0 Å². The van der Waals surface area contributed by atoms with Gasteiger partial charge in [-0.1, -0.05) is 26.0 Å². The third-order valence-electron chi connectivity index (χ3n) is 18.8. The first-order valence-electron chi connectivity index (χ1n) is 40.4. The minimum atomic E-state index is -3.38. The molecule has 648 valence electrons. The number of benzene rings is 3. The topological polar surface area (TPSA) is 391 Å². The number of unbranched alkanes of at least 4 members (excludes halogenated alkanes) is 3. The fraction of sp³-hybridized carbons (Fsp3) is 0.529. The Kier molecular flexibility index (Phi) is 32.6. The predicted octanol–water partition coefficient (Wildman–Crippen LogP) is 9.46. The molecule has 0 spiro atoms. The largest absolute Gasteiger partial charge is 0.465 e. The maximum atomic E-state index is 13.9. The first-order chi connectivity index (χ1) is 55.4. The van der Waals surface area contributed by atoms with Crippen molar-refractivity contribution < 1.29 is 61.8 Å². The number of esters is 6. The molecule has 9 rings (SSSR count). The van der Waals surface area contributed by atoms with Gasteiger partial charge in [-0.15, -0.1) is 0 Å². The Labute approximate surface area is 695 Å². The number of aromatic nitrogens is 5. The van der Waals surface area contributed by atoms with Crippen LogP contribution in [0.2, 0.25) is 0 Å². The number of H-pyrrole nitrogens is 3. The van der Waals surface area contributed by atoms with E-state index in [0.717, 1.165) is 56.8 Å². The Morgan fingerprint density at radius 3 is 1.43 bits per heavy atom.